The molecule has 1 aromatic rings. The van der Waals surface area contributed by atoms with Crippen LogP contribution in [0.25, 0.3) is 0 Å². The van der Waals surface area contributed by atoms with Crippen molar-refractivity contribution in [1.82, 2.24) is 25.3 Å². The highest BCUT2D eigenvalue weighted by molar-refractivity contribution is 5.80. The second-order valence-electron chi connectivity index (χ2n) is 10.4. The van der Waals surface area contributed by atoms with Gasteiger partial charge in [-0.05, 0) is 39.1 Å². The Bertz CT molecular complexity index is 875. The van der Waals surface area contributed by atoms with Gasteiger partial charge in [0.1, 0.15) is 12.0 Å². The first-order valence-electron chi connectivity index (χ1n) is 12.8. The molecule has 9 nitrogen and oxygen atoms in total. The number of amides is 1. The molecule has 0 aromatic heterocycles. The highest BCUT2D eigenvalue weighted by Gasteiger charge is 2.47. The van der Waals surface area contributed by atoms with E-state index in [9.17, 15) is 4.79 Å². The molecule has 34 heavy (non-hydrogen) atoms. The Morgan fingerprint density at radius 2 is 1.79 bits per heavy atom. The monoisotopic (exact) mass is 471 g/mol. The van der Waals surface area contributed by atoms with E-state index in [4.69, 9.17) is 4.74 Å². The number of hydrogen-bond donors (Lipinski definition) is 3. The van der Waals surface area contributed by atoms with E-state index < -0.39 is 0 Å². The molecule has 1 aromatic carbocycles. The second-order valence-corrected chi connectivity index (χ2v) is 10.4. The van der Waals surface area contributed by atoms with Gasteiger partial charge in [-0.15, -0.1) is 0 Å². The number of methoxy groups -OCH3 is 1. The predicted octanol–water partition coefficient (Wildman–Crippen LogP) is 0.993. The molecule has 9 heteroatoms. The zero-order valence-electron chi connectivity index (χ0n) is 21.1. The Balaban J connectivity index is 1.30. The third-order valence-corrected chi connectivity index (χ3v) is 8.44. The van der Waals surface area contributed by atoms with Crippen LogP contribution < -0.4 is 25.6 Å². The van der Waals surface area contributed by atoms with Gasteiger partial charge in [0.15, 0.2) is 0 Å². The zero-order valence-corrected chi connectivity index (χ0v) is 21.1. The lowest BCUT2D eigenvalue weighted by molar-refractivity contribution is -0.137. The number of rotatable bonds is 4. The van der Waals surface area contributed by atoms with Gasteiger partial charge in [0.2, 0.25) is 5.91 Å². The number of nitrogens with zero attached hydrogens (tertiary/aromatic N) is 4. The lowest BCUT2D eigenvalue weighted by Gasteiger charge is -2.46. The van der Waals surface area contributed by atoms with Gasteiger partial charge >= 0.3 is 0 Å². The number of anilines is 2. The topological polar surface area (TPSA) is 75.4 Å². The van der Waals surface area contributed by atoms with Crippen LogP contribution in [-0.2, 0) is 4.79 Å². The van der Waals surface area contributed by atoms with Crippen molar-refractivity contribution >= 4 is 17.3 Å². The van der Waals surface area contributed by atoms with Crippen molar-refractivity contribution in [1.29, 1.82) is 0 Å². The molecule has 1 aliphatic carbocycles. The summed E-state index contributed by atoms with van der Waals surface area (Å²) in [6.45, 7) is 4.95. The number of piperazine rings is 1. The zero-order chi connectivity index (χ0) is 23.8. The van der Waals surface area contributed by atoms with Crippen molar-refractivity contribution in [3.63, 3.8) is 0 Å². The summed E-state index contributed by atoms with van der Waals surface area (Å²) in [5, 5.41) is 10.9. The minimum absolute atomic E-state index is 0.0939. The average molecular weight is 472 g/mol. The average Bonchev–Trinajstić information content (AvgIpc) is 2.94. The van der Waals surface area contributed by atoms with Gasteiger partial charge in [-0.3, -0.25) is 20.3 Å². The van der Waals surface area contributed by atoms with Crippen LogP contribution in [0.4, 0.5) is 11.4 Å². The van der Waals surface area contributed by atoms with E-state index >= 15 is 0 Å². The molecule has 0 radical (unpaired) electrons. The summed E-state index contributed by atoms with van der Waals surface area (Å²) in [5.41, 5.74) is 2.16. The molecule has 4 fully saturated rings. The fraction of sp³-hybridized carbons (Fsp3) is 0.720. The summed E-state index contributed by atoms with van der Waals surface area (Å²) in [7, 11) is 8.07. The normalized spacial score (nSPS) is 33.2. The molecule has 0 bridgehead atoms. The maximum absolute atomic E-state index is 13.2. The van der Waals surface area contributed by atoms with Gasteiger partial charge in [0.05, 0.1) is 30.9 Å². The molecule has 188 valence electrons. The highest BCUT2D eigenvalue weighted by Crippen LogP contribution is 2.35. The van der Waals surface area contributed by atoms with Crippen LogP contribution in [0.3, 0.4) is 0 Å². The minimum atomic E-state index is -0.115. The second kappa shape index (κ2) is 9.89. The summed E-state index contributed by atoms with van der Waals surface area (Å²) in [6.07, 6.45) is 4.44. The molecule has 3 aliphatic heterocycles. The molecule has 5 unspecified atom stereocenters. The van der Waals surface area contributed by atoms with Gasteiger partial charge in [0.25, 0.3) is 0 Å². The van der Waals surface area contributed by atoms with Crippen LogP contribution in [0.1, 0.15) is 25.7 Å². The van der Waals surface area contributed by atoms with Crippen molar-refractivity contribution in [3.8, 4) is 5.75 Å². The van der Waals surface area contributed by atoms with Crippen LogP contribution >= 0.6 is 0 Å². The fourth-order valence-electron chi connectivity index (χ4n) is 6.26. The molecule has 3 heterocycles. The molecule has 3 saturated heterocycles. The largest absolute Gasteiger partial charge is 0.495 e. The van der Waals surface area contributed by atoms with Crippen molar-refractivity contribution in [2.75, 3.05) is 71.2 Å². The Labute approximate surface area is 203 Å². The number of hydrogen-bond acceptors (Lipinski definition) is 8. The van der Waals surface area contributed by atoms with Gasteiger partial charge in [0, 0.05) is 57.6 Å². The standard InChI is InChI=1S/C25H41N7O2/c1-29-11-13-32(14-12-29)17-9-10-19(22(15-17)34-4)27-25-26-16-21-23(28-25)30(2)20-8-6-5-7-18(20)24(33)31(21)3/h9-10,15,18,20-21,23,25-28H,5-8,11-14,16H2,1-4H3. The van der Waals surface area contributed by atoms with Crippen LogP contribution in [0.5, 0.6) is 5.75 Å². The summed E-state index contributed by atoms with van der Waals surface area (Å²) in [6, 6.07) is 6.84. The van der Waals surface area contributed by atoms with E-state index in [1.165, 1.54) is 12.1 Å². The summed E-state index contributed by atoms with van der Waals surface area (Å²) >= 11 is 0. The van der Waals surface area contributed by atoms with Crippen LogP contribution in [-0.4, -0.2) is 106 Å². The Morgan fingerprint density at radius 1 is 1.03 bits per heavy atom. The Morgan fingerprint density at radius 3 is 2.56 bits per heavy atom. The van der Waals surface area contributed by atoms with Crippen molar-refractivity contribution < 1.29 is 9.53 Å². The maximum atomic E-state index is 13.2. The quantitative estimate of drug-likeness (QED) is 0.601. The number of likely N-dealkylation sites (N-methyl/N-ethyl adjacent to an activating group) is 3. The lowest BCUT2D eigenvalue weighted by Crippen LogP contribution is -2.71. The van der Waals surface area contributed by atoms with Gasteiger partial charge in [-0.25, -0.2) is 0 Å². The number of fused-ring (bicyclic) bond motifs is 2. The molecule has 1 saturated carbocycles. The summed E-state index contributed by atoms with van der Waals surface area (Å²) < 4.78 is 5.77. The van der Waals surface area contributed by atoms with E-state index in [1.807, 2.05) is 11.9 Å². The molecule has 1 amide bonds. The van der Waals surface area contributed by atoms with E-state index in [2.05, 4.69) is 62.9 Å². The minimum Gasteiger partial charge on any atom is -0.495 e. The van der Waals surface area contributed by atoms with Crippen LogP contribution in [0.15, 0.2) is 18.2 Å². The third kappa shape index (κ3) is 4.46. The molecule has 4 aliphatic rings. The maximum Gasteiger partial charge on any atom is 0.227 e. The summed E-state index contributed by atoms with van der Waals surface area (Å²) in [5.74, 6) is 1.26. The Kier molecular flexibility index (Phi) is 6.88. The number of ether oxygens (including phenoxy) is 1. The first kappa shape index (κ1) is 23.7. The van der Waals surface area contributed by atoms with Crippen molar-refractivity contribution in [2.24, 2.45) is 5.92 Å². The van der Waals surface area contributed by atoms with Crippen LogP contribution in [0.2, 0.25) is 0 Å². The van der Waals surface area contributed by atoms with Crippen LogP contribution in [0, 0.1) is 5.92 Å². The van der Waals surface area contributed by atoms with E-state index in [-0.39, 0.29) is 24.4 Å². The van der Waals surface area contributed by atoms with E-state index in [0.717, 1.165) is 63.4 Å². The molecule has 0 spiro atoms. The molecular formula is C25H41N7O2. The first-order valence-corrected chi connectivity index (χ1v) is 12.8. The van der Waals surface area contributed by atoms with Gasteiger partial charge in [-0.2, -0.15) is 0 Å². The third-order valence-electron chi connectivity index (χ3n) is 8.44. The smallest absolute Gasteiger partial charge is 0.227 e. The fourth-order valence-corrected chi connectivity index (χ4v) is 6.26. The molecule has 3 N–H and O–H groups in total. The van der Waals surface area contributed by atoms with Gasteiger partial charge in [-0.1, -0.05) is 12.8 Å². The molecular weight excluding hydrogens is 430 g/mol. The summed E-state index contributed by atoms with van der Waals surface area (Å²) in [4.78, 5) is 22.4. The number of nitrogens with one attached hydrogen (secondary N) is 3. The number of benzene rings is 1. The van der Waals surface area contributed by atoms with E-state index in [0.29, 0.717) is 11.9 Å². The van der Waals surface area contributed by atoms with Gasteiger partial charge < -0.3 is 24.8 Å². The highest BCUT2D eigenvalue weighted by atomic mass is 16.5. The first-order chi connectivity index (χ1) is 16.5. The van der Waals surface area contributed by atoms with E-state index in [1.54, 1.807) is 7.11 Å². The lowest BCUT2D eigenvalue weighted by atomic mass is 9.83. The number of carbonyl (C=O) groups is 1. The van der Waals surface area contributed by atoms with Crippen molar-refractivity contribution in [3.05, 3.63) is 18.2 Å². The molecule has 5 rings (SSSR count). The SMILES string of the molecule is COc1cc(N2CCN(C)CC2)ccc1NC1NCC2C(N1)N(C)C1CCCCC1C(=O)N2C. The Hall–Kier alpha value is -2.07. The van der Waals surface area contributed by atoms with Crippen molar-refractivity contribution in [2.45, 2.75) is 50.2 Å². The predicted molar refractivity (Wildman–Crippen MR) is 135 cm³/mol. The molecule has 5 atom stereocenters. The number of carbonyl (C=O) groups excluding carboxylic acids is 1.